The second kappa shape index (κ2) is 8.58. The number of nitrogens with one attached hydrogen (secondary N) is 1. The molecule has 2 fully saturated rings. The summed E-state index contributed by atoms with van der Waals surface area (Å²) in [7, 11) is 1.63. The van der Waals surface area contributed by atoms with Crippen LogP contribution in [0.5, 0.6) is 5.75 Å². The lowest BCUT2D eigenvalue weighted by atomic mass is 9.82. The molecule has 8 nitrogen and oxygen atoms in total. The highest BCUT2D eigenvalue weighted by Gasteiger charge is 2.48. The van der Waals surface area contributed by atoms with Crippen molar-refractivity contribution < 1.29 is 19.1 Å². The molecule has 2 aromatic rings. The smallest absolute Gasteiger partial charge is 0.251 e. The minimum Gasteiger partial charge on any atom is -0.497 e. The Morgan fingerprint density at radius 2 is 1.97 bits per heavy atom. The number of ether oxygens (including phenoxy) is 2. The number of carbonyl (C=O) groups is 2. The number of likely N-dealkylation sites (tertiary alicyclic amines) is 1. The van der Waals surface area contributed by atoms with E-state index in [1.807, 2.05) is 39.9 Å². The van der Waals surface area contributed by atoms with E-state index in [-0.39, 0.29) is 17.7 Å². The second-order valence-corrected chi connectivity index (χ2v) is 9.02. The van der Waals surface area contributed by atoms with E-state index in [9.17, 15) is 9.59 Å². The van der Waals surface area contributed by atoms with Crippen LogP contribution in [-0.4, -0.2) is 52.6 Å². The van der Waals surface area contributed by atoms with Crippen molar-refractivity contribution in [2.24, 2.45) is 5.92 Å². The lowest BCUT2D eigenvalue weighted by molar-refractivity contribution is -0.177. The van der Waals surface area contributed by atoms with Crippen LogP contribution in [0.2, 0.25) is 0 Å². The summed E-state index contributed by atoms with van der Waals surface area (Å²) in [6, 6.07) is 7.63. The molecule has 1 atom stereocenters. The molecule has 3 aliphatic rings. The molecule has 2 aliphatic heterocycles. The van der Waals surface area contributed by atoms with Gasteiger partial charge >= 0.3 is 0 Å². The summed E-state index contributed by atoms with van der Waals surface area (Å²) in [5.41, 5.74) is 0.371. The van der Waals surface area contributed by atoms with Crippen molar-refractivity contribution in [2.45, 2.75) is 56.9 Å². The van der Waals surface area contributed by atoms with E-state index in [0.29, 0.717) is 39.0 Å². The van der Waals surface area contributed by atoms with E-state index in [1.54, 1.807) is 13.3 Å². The van der Waals surface area contributed by atoms with Crippen LogP contribution in [0.3, 0.4) is 0 Å². The molecule has 1 N–H and O–H groups in total. The Labute approximate surface area is 187 Å². The molecule has 2 amide bonds. The van der Waals surface area contributed by atoms with Crippen molar-refractivity contribution in [3.63, 3.8) is 0 Å². The molecular weight excluding hydrogens is 408 g/mol. The maximum Gasteiger partial charge on any atom is 0.251 e. The van der Waals surface area contributed by atoms with Gasteiger partial charge in [0, 0.05) is 50.8 Å². The Balaban J connectivity index is 1.25. The first-order valence-electron chi connectivity index (χ1n) is 11.5. The molecule has 5 rings (SSSR count). The topological polar surface area (TPSA) is 85.7 Å². The monoisotopic (exact) mass is 438 g/mol. The Kier molecular flexibility index (Phi) is 5.63. The number of piperidine rings is 1. The molecule has 1 aromatic heterocycles. The summed E-state index contributed by atoms with van der Waals surface area (Å²) < 4.78 is 13.7. The van der Waals surface area contributed by atoms with Gasteiger partial charge in [0.15, 0.2) is 6.10 Å². The first kappa shape index (κ1) is 21.0. The molecule has 0 bridgehead atoms. The number of imidazole rings is 1. The lowest BCUT2D eigenvalue weighted by Gasteiger charge is -2.46. The minimum atomic E-state index is -0.625. The van der Waals surface area contributed by atoms with Gasteiger partial charge in [-0.2, -0.15) is 0 Å². The summed E-state index contributed by atoms with van der Waals surface area (Å²) in [6.45, 7) is 2.15. The van der Waals surface area contributed by atoms with Crippen LogP contribution in [0.15, 0.2) is 36.7 Å². The van der Waals surface area contributed by atoms with Gasteiger partial charge in [-0.1, -0.05) is 18.6 Å². The Bertz CT molecular complexity index is 974. The standard InChI is InChI=1S/C24H30N4O4/c1-31-19-7-5-17(6-8-19)15-26-21(29)20-16-28-14-11-25-23(28)24(32-20)9-12-27(13-10-24)22(30)18-3-2-4-18/h5-8,11,14,18,20H,2-4,9-10,12-13,15-16H2,1H3,(H,26,29)/t20-/m1/s1. The Morgan fingerprint density at radius 1 is 1.22 bits per heavy atom. The van der Waals surface area contributed by atoms with Crippen LogP contribution in [0, 0.1) is 5.92 Å². The van der Waals surface area contributed by atoms with Crippen LogP contribution in [0.4, 0.5) is 0 Å². The fraction of sp³-hybridized carbons (Fsp3) is 0.542. The quantitative estimate of drug-likeness (QED) is 0.774. The largest absolute Gasteiger partial charge is 0.497 e. The summed E-state index contributed by atoms with van der Waals surface area (Å²) >= 11 is 0. The van der Waals surface area contributed by atoms with E-state index in [2.05, 4.69) is 10.3 Å². The third-order valence-corrected chi connectivity index (χ3v) is 7.11. The van der Waals surface area contributed by atoms with Gasteiger partial charge in [0.1, 0.15) is 17.2 Å². The van der Waals surface area contributed by atoms with E-state index in [1.165, 1.54) is 0 Å². The van der Waals surface area contributed by atoms with Crippen molar-refractivity contribution in [3.8, 4) is 5.75 Å². The zero-order chi connectivity index (χ0) is 22.1. The molecule has 3 heterocycles. The van der Waals surface area contributed by atoms with Crippen molar-refractivity contribution in [1.82, 2.24) is 19.8 Å². The number of fused-ring (bicyclic) bond motifs is 2. The zero-order valence-electron chi connectivity index (χ0n) is 18.5. The molecule has 1 saturated carbocycles. The van der Waals surface area contributed by atoms with Crippen LogP contribution in [-0.2, 0) is 33.0 Å². The van der Waals surface area contributed by atoms with Crippen molar-refractivity contribution >= 4 is 11.8 Å². The number of nitrogens with zero attached hydrogens (tertiary/aromatic N) is 3. The number of aromatic nitrogens is 2. The SMILES string of the molecule is COc1ccc(CNC(=O)[C@H]2Cn3ccnc3C3(CCN(C(=O)C4CCC4)CC3)O2)cc1. The molecule has 8 heteroatoms. The molecule has 0 unspecified atom stereocenters. The third-order valence-electron chi connectivity index (χ3n) is 7.11. The summed E-state index contributed by atoms with van der Waals surface area (Å²) in [4.78, 5) is 32.2. The predicted octanol–water partition coefficient (Wildman–Crippen LogP) is 2.22. The number of methoxy groups -OCH3 is 1. The first-order chi connectivity index (χ1) is 15.6. The van der Waals surface area contributed by atoms with Crippen molar-refractivity contribution in [1.29, 1.82) is 0 Å². The normalized spacial score (nSPS) is 22.2. The van der Waals surface area contributed by atoms with Crippen LogP contribution < -0.4 is 10.1 Å². The van der Waals surface area contributed by atoms with Gasteiger partial charge in [-0.05, 0) is 30.5 Å². The number of hydrogen-bond acceptors (Lipinski definition) is 5. The molecule has 1 aliphatic carbocycles. The molecule has 1 aromatic carbocycles. The highest BCUT2D eigenvalue weighted by molar-refractivity contribution is 5.81. The van der Waals surface area contributed by atoms with Gasteiger partial charge in [-0.3, -0.25) is 9.59 Å². The lowest BCUT2D eigenvalue weighted by Crippen LogP contribution is -2.55. The highest BCUT2D eigenvalue weighted by Crippen LogP contribution is 2.41. The minimum absolute atomic E-state index is 0.132. The highest BCUT2D eigenvalue weighted by atomic mass is 16.5. The molecule has 0 radical (unpaired) electrons. The zero-order valence-corrected chi connectivity index (χ0v) is 18.5. The van der Waals surface area contributed by atoms with Crippen LogP contribution in [0.1, 0.15) is 43.5 Å². The van der Waals surface area contributed by atoms with Crippen molar-refractivity contribution in [3.05, 3.63) is 48.0 Å². The van der Waals surface area contributed by atoms with Gasteiger partial charge in [0.05, 0.1) is 13.7 Å². The maximum absolute atomic E-state index is 13.0. The van der Waals surface area contributed by atoms with E-state index >= 15 is 0 Å². The van der Waals surface area contributed by atoms with Crippen LogP contribution >= 0.6 is 0 Å². The molecule has 1 saturated heterocycles. The fourth-order valence-electron chi connectivity index (χ4n) is 4.92. The fourth-order valence-corrected chi connectivity index (χ4v) is 4.92. The summed E-state index contributed by atoms with van der Waals surface area (Å²) in [5.74, 6) is 2.00. The molecule has 32 heavy (non-hydrogen) atoms. The molecular formula is C24H30N4O4. The average molecular weight is 439 g/mol. The number of benzene rings is 1. The number of amides is 2. The first-order valence-corrected chi connectivity index (χ1v) is 11.5. The predicted molar refractivity (Wildman–Crippen MR) is 117 cm³/mol. The van der Waals surface area contributed by atoms with Gasteiger partial charge in [-0.15, -0.1) is 0 Å². The third kappa shape index (κ3) is 3.88. The van der Waals surface area contributed by atoms with Gasteiger partial charge in [-0.25, -0.2) is 4.98 Å². The Morgan fingerprint density at radius 3 is 2.62 bits per heavy atom. The molecule has 170 valence electrons. The maximum atomic E-state index is 13.0. The second-order valence-electron chi connectivity index (χ2n) is 9.02. The average Bonchev–Trinajstić information content (AvgIpc) is 3.27. The van der Waals surface area contributed by atoms with Gasteiger partial charge in [0.25, 0.3) is 5.91 Å². The van der Waals surface area contributed by atoms with E-state index < -0.39 is 11.7 Å². The number of rotatable bonds is 5. The number of carbonyl (C=O) groups excluding carboxylic acids is 2. The summed E-state index contributed by atoms with van der Waals surface area (Å²) in [6.07, 6.45) is 7.58. The van der Waals surface area contributed by atoms with E-state index in [4.69, 9.17) is 9.47 Å². The van der Waals surface area contributed by atoms with Crippen LogP contribution in [0.25, 0.3) is 0 Å². The van der Waals surface area contributed by atoms with Gasteiger partial charge in [0.2, 0.25) is 5.91 Å². The Hall–Kier alpha value is -2.87. The van der Waals surface area contributed by atoms with Gasteiger partial charge < -0.3 is 24.3 Å². The summed E-state index contributed by atoms with van der Waals surface area (Å²) in [5, 5.41) is 3.01. The molecule has 1 spiro atoms. The van der Waals surface area contributed by atoms with Crippen molar-refractivity contribution in [2.75, 3.05) is 20.2 Å². The van der Waals surface area contributed by atoms with E-state index in [0.717, 1.165) is 36.4 Å². The number of hydrogen-bond donors (Lipinski definition) is 1.